The Bertz CT molecular complexity index is 1250. The van der Waals surface area contributed by atoms with E-state index < -0.39 is 28.0 Å². The van der Waals surface area contributed by atoms with Crippen molar-refractivity contribution in [3.05, 3.63) is 113 Å². The lowest BCUT2D eigenvalue weighted by Gasteiger charge is -2.25. The lowest BCUT2D eigenvalue weighted by atomic mass is 10.0. The van der Waals surface area contributed by atoms with Gasteiger partial charge in [0.05, 0.1) is 21.5 Å². The third kappa shape index (κ3) is 7.39. The maximum Gasteiger partial charge on any atom is 0.338 e. The zero-order chi connectivity index (χ0) is 26.1. The monoisotopic (exact) mass is 506 g/mol. The molecule has 0 radical (unpaired) electrons. The molecule has 3 aromatic carbocycles. The van der Waals surface area contributed by atoms with E-state index in [-0.39, 0.29) is 22.1 Å². The molecular formula is C30H34O5S. The molecule has 0 bridgehead atoms. The predicted molar refractivity (Wildman–Crippen MR) is 142 cm³/mol. The second kappa shape index (κ2) is 12.7. The van der Waals surface area contributed by atoms with Crippen LogP contribution in [0.15, 0.2) is 101 Å². The Kier molecular flexibility index (Phi) is 9.62. The van der Waals surface area contributed by atoms with Crippen LogP contribution in [0.1, 0.15) is 48.2 Å². The van der Waals surface area contributed by atoms with Crippen molar-refractivity contribution in [2.45, 2.75) is 57.1 Å². The minimum absolute atomic E-state index is 0.00982. The molecule has 1 N–H and O–H groups in total. The number of ether oxygens (including phenoxy) is 1. The molecule has 0 aliphatic heterocycles. The first-order valence-electron chi connectivity index (χ1n) is 12.2. The lowest BCUT2D eigenvalue weighted by Crippen LogP contribution is -2.30. The molecule has 5 nitrogen and oxygen atoms in total. The van der Waals surface area contributed by atoms with Crippen molar-refractivity contribution in [3.63, 3.8) is 0 Å². The van der Waals surface area contributed by atoms with E-state index in [1.165, 1.54) is 6.08 Å². The number of hydrogen-bond acceptors (Lipinski definition) is 5. The van der Waals surface area contributed by atoms with E-state index in [4.69, 9.17) is 4.74 Å². The number of carbonyl (C=O) groups excluding carboxylic acids is 1. The van der Waals surface area contributed by atoms with Gasteiger partial charge in [-0.25, -0.2) is 13.2 Å². The smallest absolute Gasteiger partial charge is 0.338 e. The van der Waals surface area contributed by atoms with Gasteiger partial charge < -0.3 is 9.84 Å². The molecule has 3 rings (SSSR count). The van der Waals surface area contributed by atoms with Gasteiger partial charge in [-0.05, 0) is 61.9 Å². The summed E-state index contributed by atoms with van der Waals surface area (Å²) in [5.41, 5.74) is 2.38. The standard InChI is InChI=1S/C30H34O5S/c1-22(2)29(35-30(32)25-12-8-5-9-13-25)28(36(33,34)27-19-14-23(3)15-20-27)21-18-26(31)17-16-24-10-6-4-7-11-24/h4-15,19-22,26,29,31H,16-18H2,1-3H3/b28-21+. The Morgan fingerprint density at radius 1 is 0.917 bits per heavy atom. The number of aryl methyl sites for hydroxylation is 2. The Balaban J connectivity index is 1.91. The van der Waals surface area contributed by atoms with Crippen LogP contribution in [-0.4, -0.2) is 31.7 Å². The number of hydrogen-bond donors (Lipinski definition) is 1. The highest BCUT2D eigenvalue weighted by Gasteiger charge is 2.33. The number of aliphatic hydroxyl groups is 1. The molecule has 0 fully saturated rings. The van der Waals surface area contributed by atoms with Crippen molar-refractivity contribution in [1.82, 2.24) is 0 Å². The number of rotatable bonds is 11. The Labute approximate surface area is 214 Å². The van der Waals surface area contributed by atoms with Gasteiger partial charge in [0.15, 0.2) is 0 Å². The maximum absolute atomic E-state index is 13.8. The topological polar surface area (TPSA) is 80.7 Å². The average Bonchev–Trinajstić information content (AvgIpc) is 2.88. The number of benzene rings is 3. The molecule has 0 aliphatic rings. The molecular weight excluding hydrogens is 472 g/mol. The second-order valence-electron chi connectivity index (χ2n) is 9.27. The van der Waals surface area contributed by atoms with Crippen LogP contribution in [0.3, 0.4) is 0 Å². The van der Waals surface area contributed by atoms with E-state index in [9.17, 15) is 18.3 Å². The van der Waals surface area contributed by atoms with Crippen LogP contribution < -0.4 is 0 Å². The second-order valence-corrected chi connectivity index (χ2v) is 11.2. The van der Waals surface area contributed by atoms with Crippen molar-refractivity contribution in [2.24, 2.45) is 5.92 Å². The molecule has 2 unspecified atom stereocenters. The van der Waals surface area contributed by atoms with E-state index in [2.05, 4.69) is 0 Å². The minimum Gasteiger partial charge on any atom is -0.453 e. The fraction of sp³-hybridized carbons (Fsp3) is 0.300. The van der Waals surface area contributed by atoms with E-state index in [0.717, 1.165) is 11.1 Å². The summed E-state index contributed by atoms with van der Waals surface area (Å²) < 4.78 is 33.3. The third-order valence-electron chi connectivity index (χ3n) is 5.97. The van der Waals surface area contributed by atoms with Gasteiger partial charge in [0.2, 0.25) is 9.84 Å². The highest BCUT2D eigenvalue weighted by Crippen LogP contribution is 2.29. The predicted octanol–water partition coefficient (Wildman–Crippen LogP) is 5.92. The molecule has 0 spiro atoms. The first-order valence-corrected chi connectivity index (χ1v) is 13.7. The number of aliphatic hydroxyl groups excluding tert-OH is 1. The molecule has 36 heavy (non-hydrogen) atoms. The third-order valence-corrected chi connectivity index (χ3v) is 7.88. The van der Waals surface area contributed by atoms with Gasteiger partial charge in [-0.3, -0.25) is 0 Å². The molecule has 0 saturated heterocycles. The van der Waals surface area contributed by atoms with Crippen LogP contribution in [0.4, 0.5) is 0 Å². The number of esters is 1. The van der Waals surface area contributed by atoms with E-state index in [1.807, 2.05) is 51.1 Å². The van der Waals surface area contributed by atoms with E-state index in [0.29, 0.717) is 18.4 Å². The summed E-state index contributed by atoms with van der Waals surface area (Å²) >= 11 is 0. The Morgan fingerprint density at radius 2 is 1.50 bits per heavy atom. The summed E-state index contributed by atoms with van der Waals surface area (Å²) in [7, 11) is -3.98. The molecule has 0 amide bonds. The summed E-state index contributed by atoms with van der Waals surface area (Å²) in [6, 6.07) is 24.9. The molecule has 0 saturated carbocycles. The normalized spacial score (nSPS) is 13.9. The highest BCUT2D eigenvalue weighted by atomic mass is 32.2. The van der Waals surface area contributed by atoms with Gasteiger partial charge in [-0.15, -0.1) is 0 Å². The van der Waals surface area contributed by atoms with Crippen LogP contribution in [0.2, 0.25) is 0 Å². The van der Waals surface area contributed by atoms with Gasteiger partial charge in [0, 0.05) is 0 Å². The number of sulfone groups is 1. The van der Waals surface area contributed by atoms with Gasteiger partial charge in [-0.1, -0.05) is 86.2 Å². The summed E-state index contributed by atoms with van der Waals surface area (Å²) in [6.07, 6.45) is 1.05. The molecule has 2 atom stereocenters. The number of carbonyl (C=O) groups is 1. The summed E-state index contributed by atoms with van der Waals surface area (Å²) in [5, 5.41) is 10.7. The van der Waals surface area contributed by atoms with Crippen LogP contribution in [0, 0.1) is 12.8 Å². The van der Waals surface area contributed by atoms with E-state index >= 15 is 0 Å². The van der Waals surface area contributed by atoms with Gasteiger partial charge >= 0.3 is 5.97 Å². The first-order chi connectivity index (χ1) is 17.2. The molecule has 190 valence electrons. The Morgan fingerprint density at radius 3 is 2.08 bits per heavy atom. The SMILES string of the molecule is Cc1ccc(S(=O)(=O)/C(=C/CC(O)CCc2ccccc2)C(OC(=O)c2ccccc2)C(C)C)cc1. The Hall–Kier alpha value is -3.22. The van der Waals surface area contributed by atoms with Crippen LogP contribution in [-0.2, 0) is 21.0 Å². The maximum atomic E-state index is 13.8. The van der Waals surface area contributed by atoms with Gasteiger partial charge in [-0.2, -0.15) is 0 Å². The minimum atomic E-state index is -3.98. The molecule has 0 aromatic heterocycles. The van der Waals surface area contributed by atoms with Crippen LogP contribution in [0.5, 0.6) is 0 Å². The van der Waals surface area contributed by atoms with Crippen molar-refractivity contribution in [1.29, 1.82) is 0 Å². The summed E-state index contributed by atoms with van der Waals surface area (Å²) in [6.45, 7) is 5.51. The van der Waals surface area contributed by atoms with Crippen molar-refractivity contribution < 1.29 is 23.1 Å². The zero-order valence-corrected chi connectivity index (χ0v) is 21.8. The summed E-state index contributed by atoms with van der Waals surface area (Å²) in [4.78, 5) is 13.0. The van der Waals surface area contributed by atoms with Crippen LogP contribution in [0.25, 0.3) is 0 Å². The first kappa shape index (κ1) is 27.4. The fourth-order valence-corrected chi connectivity index (χ4v) is 5.57. The lowest BCUT2D eigenvalue weighted by molar-refractivity contribution is 0.0297. The molecule has 3 aromatic rings. The van der Waals surface area contributed by atoms with E-state index in [1.54, 1.807) is 54.6 Å². The van der Waals surface area contributed by atoms with Gasteiger partial charge in [0.1, 0.15) is 6.10 Å². The zero-order valence-electron chi connectivity index (χ0n) is 21.0. The molecule has 0 heterocycles. The quantitative estimate of drug-likeness (QED) is 0.327. The van der Waals surface area contributed by atoms with Gasteiger partial charge in [0.25, 0.3) is 0 Å². The average molecular weight is 507 g/mol. The molecule has 0 aliphatic carbocycles. The highest BCUT2D eigenvalue weighted by molar-refractivity contribution is 7.95. The van der Waals surface area contributed by atoms with Crippen molar-refractivity contribution >= 4 is 15.8 Å². The largest absolute Gasteiger partial charge is 0.453 e. The summed E-state index contributed by atoms with van der Waals surface area (Å²) in [5.74, 6) is -0.908. The van der Waals surface area contributed by atoms with Crippen molar-refractivity contribution in [3.8, 4) is 0 Å². The van der Waals surface area contributed by atoms with Crippen LogP contribution >= 0.6 is 0 Å². The fourth-order valence-electron chi connectivity index (χ4n) is 3.86. The van der Waals surface area contributed by atoms with Crippen molar-refractivity contribution in [2.75, 3.05) is 0 Å². The molecule has 6 heteroatoms.